The lowest BCUT2D eigenvalue weighted by Crippen LogP contribution is -2.30. The number of carbonyl (C=O) groups excluding carboxylic acids is 1. The first-order valence-corrected chi connectivity index (χ1v) is 6.00. The van der Waals surface area contributed by atoms with Crippen LogP contribution in [0.2, 0.25) is 0 Å². The number of aromatic nitrogens is 1. The maximum absolute atomic E-state index is 11.8. The van der Waals surface area contributed by atoms with Crippen LogP contribution in [0.1, 0.15) is 12.0 Å². The Hall–Kier alpha value is -0.940. The molecule has 1 amide bonds. The Morgan fingerprint density at radius 1 is 1.62 bits per heavy atom. The highest BCUT2D eigenvalue weighted by molar-refractivity contribution is 9.10. The highest BCUT2D eigenvalue weighted by Gasteiger charge is 2.24. The minimum Gasteiger partial charge on any atom is -0.391 e. The van der Waals surface area contributed by atoms with Crippen molar-refractivity contribution in [3.63, 3.8) is 0 Å². The summed E-state index contributed by atoms with van der Waals surface area (Å²) >= 11 is 3.32. The van der Waals surface area contributed by atoms with E-state index in [1.165, 1.54) is 0 Å². The molecule has 1 aromatic rings. The van der Waals surface area contributed by atoms with Gasteiger partial charge in [0.2, 0.25) is 5.91 Å². The molecule has 86 valence electrons. The third kappa shape index (κ3) is 2.80. The number of amides is 1. The van der Waals surface area contributed by atoms with Crippen LogP contribution in [0, 0.1) is 0 Å². The second kappa shape index (κ2) is 4.93. The number of likely N-dealkylation sites (tertiary alicyclic amines) is 1. The summed E-state index contributed by atoms with van der Waals surface area (Å²) in [5.74, 6) is 0.0523. The van der Waals surface area contributed by atoms with E-state index < -0.39 is 0 Å². The van der Waals surface area contributed by atoms with Crippen LogP contribution < -0.4 is 0 Å². The fourth-order valence-corrected chi connectivity index (χ4v) is 2.22. The molecule has 1 aromatic heterocycles. The topological polar surface area (TPSA) is 53.4 Å². The SMILES string of the molecule is O=C(Cc1cncc(Br)c1)N1CCC(O)C1. The highest BCUT2D eigenvalue weighted by atomic mass is 79.9. The second-order valence-corrected chi connectivity index (χ2v) is 4.89. The Labute approximate surface area is 102 Å². The highest BCUT2D eigenvalue weighted by Crippen LogP contribution is 2.13. The van der Waals surface area contributed by atoms with Crippen LogP contribution in [-0.4, -0.2) is 40.1 Å². The van der Waals surface area contributed by atoms with E-state index in [0.717, 1.165) is 10.0 Å². The molecule has 2 heterocycles. The molecule has 0 spiro atoms. The van der Waals surface area contributed by atoms with Gasteiger partial charge in [0.1, 0.15) is 0 Å². The standard InChI is InChI=1S/C11H13BrN2O2/c12-9-3-8(5-13-6-9)4-11(16)14-2-1-10(15)7-14/h3,5-6,10,15H,1-2,4,7H2. The number of aliphatic hydroxyl groups excluding tert-OH is 1. The molecule has 16 heavy (non-hydrogen) atoms. The van der Waals surface area contributed by atoms with Crippen molar-refractivity contribution in [3.05, 3.63) is 28.5 Å². The molecule has 4 nitrogen and oxygen atoms in total. The Balaban J connectivity index is 1.97. The van der Waals surface area contributed by atoms with Gasteiger partial charge in [-0.3, -0.25) is 9.78 Å². The van der Waals surface area contributed by atoms with Crippen LogP contribution in [0.4, 0.5) is 0 Å². The Bertz CT molecular complexity index is 397. The minimum absolute atomic E-state index is 0.0523. The molecule has 1 unspecified atom stereocenters. The lowest BCUT2D eigenvalue weighted by molar-refractivity contribution is -0.129. The number of β-amino-alcohol motifs (C(OH)–C–C–N with tert-alkyl or cyclic N) is 1. The summed E-state index contributed by atoms with van der Waals surface area (Å²) in [5, 5.41) is 9.34. The molecule has 0 radical (unpaired) electrons. The molecule has 1 saturated heterocycles. The zero-order chi connectivity index (χ0) is 11.5. The maximum atomic E-state index is 11.8. The molecule has 5 heteroatoms. The van der Waals surface area contributed by atoms with Gasteiger partial charge in [-0.2, -0.15) is 0 Å². The molecule has 2 rings (SSSR count). The van der Waals surface area contributed by atoms with Gasteiger partial charge in [0, 0.05) is 30.0 Å². The van der Waals surface area contributed by atoms with E-state index in [1.807, 2.05) is 6.07 Å². The van der Waals surface area contributed by atoms with Crippen LogP contribution in [0.25, 0.3) is 0 Å². The van der Waals surface area contributed by atoms with Gasteiger partial charge in [-0.05, 0) is 34.0 Å². The van der Waals surface area contributed by atoms with Gasteiger partial charge in [-0.15, -0.1) is 0 Å². The van der Waals surface area contributed by atoms with Gasteiger partial charge in [0.25, 0.3) is 0 Å². The summed E-state index contributed by atoms with van der Waals surface area (Å²) < 4.78 is 0.874. The van der Waals surface area contributed by atoms with E-state index >= 15 is 0 Å². The van der Waals surface area contributed by atoms with Gasteiger partial charge >= 0.3 is 0 Å². The number of rotatable bonds is 2. The lowest BCUT2D eigenvalue weighted by Gasteiger charge is -2.15. The van der Waals surface area contributed by atoms with Gasteiger partial charge in [0.15, 0.2) is 0 Å². The summed E-state index contributed by atoms with van der Waals surface area (Å²) in [6, 6.07) is 1.89. The van der Waals surface area contributed by atoms with Crippen molar-refractivity contribution >= 4 is 21.8 Å². The quantitative estimate of drug-likeness (QED) is 0.881. The number of pyridine rings is 1. The van der Waals surface area contributed by atoms with E-state index in [0.29, 0.717) is 25.9 Å². The number of hydrogen-bond acceptors (Lipinski definition) is 3. The Morgan fingerprint density at radius 2 is 2.44 bits per heavy atom. The van der Waals surface area contributed by atoms with Crippen molar-refractivity contribution in [2.75, 3.05) is 13.1 Å². The number of nitrogens with zero attached hydrogens (tertiary/aromatic N) is 2. The summed E-state index contributed by atoms with van der Waals surface area (Å²) in [6.07, 6.45) is 4.05. The number of aliphatic hydroxyl groups is 1. The van der Waals surface area contributed by atoms with Crippen molar-refractivity contribution in [2.45, 2.75) is 18.9 Å². The predicted octanol–water partition coefficient (Wildman–Crippen LogP) is 0.980. The van der Waals surface area contributed by atoms with E-state index in [-0.39, 0.29) is 12.0 Å². The Morgan fingerprint density at radius 3 is 3.06 bits per heavy atom. The molecule has 1 N–H and O–H groups in total. The molecule has 0 aromatic carbocycles. The zero-order valence-corrected chi connectivity index (χ0v) is 10.4. The zero-order valence-electron chi connectivity index (χ0n) is 8.77. The predicted molar refractivity (Wildman–Crippen MR) is 62.8 cm³/mol. The van der Waals surface area contributed by atoms with Crippen molar-refractivity contribution in [1.29, 1.82) is 0 Å². The third-order valence-electron chi connectivity index (χ3n) is 2.63. The van der Waals surface area contributed by atoms with Gasteiger partial charge in [0.05, 0.1) is 12.5 Å². The number of carbonyl (C=O) groups is 1. The molecular formula is C11H13BrN2O2. The molecule has 0 saturated carbocycles. The third-order valence-corrected chi connectivity index (χ3v) is 3.07. The average Bonchev–Trinajstić information content (AvgIpc) is 2.65. The summed E-state index contributed by atoms with van der Waals surface area (Å²) in [4.78, 5) is 17.6. The van der Waals surface area contributed by atoms with E-state index in [1.54, 1.807) is 17.3 Å². The largest absolute Gasteiger partial charge is 0.391 e. The molecule has 0 aliphatic carbocycles. The van der Waals surface area contributed by atoms with Crippen LogP contribution in [-0.2, 0) is 11.2 Å². The molecule has 1 atom stereocenters. The monoisotopic (exact) mass is 284 g/mol. The summed E-state index contributed by atoms with van der Waals surface area (Å²) in [6.45, 7) is 1.11. The van der Waals surface area contributed by atoms with Gasteiger partial charge in [-0.25, -0.2) is 0 Å². The van der Waals surface area contributed by atoms with Crippen LogP contribution >= 0.6 is 15.9 Å². The van der Waals surface area contributed by atoms with E-state index in [4.69, 9.17) is 0 Å². The summed E-state index contributed by atoms with van der Waals surface area (Å²) in [7, 11) is 0. The molecular weight excluding hydrogens is 272 g/mol. The molecule has 0 bridgehead atoms. The van der Waals surface area contributed by atoms with Crippen molar-refractivity contribution in [2.24, 2.45) is 0 Å². The van der Waals surface area contributed by atoms with Crippen LogP contribution in [0.5, 0.6) is 0 Å². The van der Waals surface area contributed by atoms with Crippen LogP contribution in [0.3, 0.4) is 0 Å². The Kier molecular flexibility index (Phi) is 3.56. The van der Waals surface area contributed by atoms with E-state index in [9.17, 15) is 9.90 Å². The first-order valence-electron chi connectivity index (χ1n) is 5.20. The first-order chi connectivity index (χ1) is 7.65. The number of hydrogen-bond donors (Lipinski definition) is 1. The summed E-state index contributed by atoms with van der Waals surface area (Å²) in [5.41, 5.74) is 0.890. The van der Waals surface area contributed by atoms with Gasteiger partial charge < -0.3 is 10.0 Å². The fraction of sp³-hybridized carbons (Fsp3) is 0.455. The molecule has 1 fully saturated rings. The normalized spacial score (nSPS) is 20.1. The smallest absolute Gasteiger partial charge is 0.227 e. The number of halogens is 1. The van der Waals surface area contributed by atoms with E-state index in [2.05, 4.69) is 20.9 Å². The molecule has 1 aliphatic rings. The first kappa shape index (κ1) is 11.5. The van der Waals surface area contributed by atoms with Gasteiger partial charge in [-0.1, -0.05) is 0 Å². The molecule has 1 aliphatic heterocycles. The maximum Gasteiger partial charge on any atom is 0.227 e. The lowest BCUT2D eigenvalue weighted by atomic mass is 10.2. The fourth-order valence-electron chi connectivity index (χ4n) is 1.81. The minimum atomic E-state index is -0.357. The van der Waals surface area contributed by atoms with Crippen molar-refractivity contribution in [3.8, 4) is 0 Å². The average molecular weight is 285 g/mol. The van der Waals surface area contributed by atoms with Crippen LogP contribution in [0.15, 0.2) is 22.9 Å². The van der Waals surface area contributed by atoms with Crippen molar-refractivity contribution < 1.29 is 9.90 Å². The second-order valence-electron chi connectivity index (χ2n) is 3.97. The van der Waals surface area contributed by atoms with Crippen molar-refractivity contribution in [1.82, 2.24) is 9.88 Å².